The molecule has 2 saturated carbocycles. The molecule has 4 nitrogen and oxygen atoms in total. The van der Waals surface area contributed by atoms with E-state index in [1.807, 2.05) is 4.90 Å². The summed E-state index contributed by atoms with van der Waals surface area (Å²) in [5.74, 6) is 0.109. The van der Waals surface area contributed by atoms with E-state index in [0.717, 1.165) is 51.5 Å². The highest BCUT2D eigenvalue weighted by Gasteiger charge is 2.59. The number of hydrogen-bond acceptors (Lipinski definition) is 2. The number of nitrogens with one attached hydrogen (secondary N) is 1. The van der Waals surface area contributed by atoms with Gasteiger partial charge in [0.05, 0.1) is 0 Å². The van der Waals surface area contributed by atoms with Crippen LogP contribution < -0.4 is 5.32 Å². The van der Waals surface area contributed by atoms with Crippen molar-refractivity contribution in [1.82, 2.24) is 10.2 Å². The summed E-state index contributed by atoms with van der Waals surface area (Å²) in [5.41, 5.74) is -0.687. The van der Waals surface area contributed by atoms with Crippen LogP contribution in [0.2, 0.25) is 0 Å². The zero-order valence-corrected chi connectivity index (χ0v) is 11.8. The molecule has 1 heterocycles. The summed E-state index contributed by atoms with van der Waals surface area (Å²) in [7, 11) is 0. The minimum absolute atomic E-state index is 0.000395. The monoisotopic (exact) mass is 264 g/mol. The zero-order valence-electron chi connectivity index (χ0n) is 11.8. The average Bonchev–Trinajstić information content (AvgIpc) is 3.31. The molecular formula is C15H24N2O2. The molecule has 1 unspecified atom stereocenters. The fourth-order valence-electron chi connectivity index (χ4n) is 3.18. The number of likely N-dealkylation sites (tertiary alicyclic amines) is 1. The van der Waals surface area contributed by atoms with Gasteiger partial charge in [0, 0.05) is 18.6 Å². The van der Waals surface area contributed by atoms with E-state index >= 15 is 0 Å². The van der Waals surface area contributed by atoms with Crippen LogP contribution in [-0.2, 0) is 9.59 Å². The highest BCUT2D eigenvalue weighted by Crippen LogP contribution is 2.49. The quantitative estimate of drug-likeness (QED) is 0.788. The topological polar surface area (TPSA) is 49.4 Å². The lowest BCUT2D eigenvalue weighted by Gasteiger charge is -2.37. The first-order chi connectivity index (χ1) is 9.17. The third kappa shape index (κ3) is 2.37. The van der Waals surface area contributed by atoms with E-state index in [2.05, 4.69) is 12.2 Å². The fraction of sp³-hybridized carbons (Fsp3) is 0.867. The summed E-state index contributed by atoms with van der Waals surface area (Å²) in [6, 6.07) is 0.702. The van der Waals surface area contributed by atoms with Gasteiger partial charge in [-0.05, 0) is 51.4 Å². The Morgan fingerprint density at radius 2 is 1.95 bits per heavy atom. The van der Waals surface area contributed by atoms with Crippen LogP contribution in [0.5, 0.6) is 0 Å². The van der Waals surface area contributed by atoms with Gasteiger partial charge in [0.2, 0.25) is 11.8 Å². The number of carbonyl (C=O) groups excluding carboxylic acids is 2. The van der Waals surface area contributed by atoms with Crippen LogP contribution in [0.25, 0.3) is 0 Å². The molecule has 0 spiro atoms. The molecule has 19 heavy (non-hydrogen) atoms. The highest BCUT2D eigenvalue weighted by molar-refractivity contribution is 6.08. The molecule has 1 N–H and O–H groups in total. The van der Waals surface area contributed by atoms with E-state index in [4.69, 9.17) is 0 Å². The van der Waals surface area contributed by atoms with Gasteiger partial charge in [0.25, 0.3) is 0 Å². The Bertz CT molecular complexity index is 386. The van der Waals surface area contributed by atoms with Crippen LogP contribution in [0.4, 0.5) is 0 Å². The second kappa shape index (κ2) is 4.80. The van der Waals surface area contributed by atoms with E-state index < -0.39 is 5.41 Å². The van der Waals surface area contributed by atoms with Crippen molar-refractivity contribution in [1.29, 1.82) is 0 Å². The van der Waals surface area contributed by atoms with Crippen molar-refractivity contribution in [3.8, 4) is 0 Å². The summed E-state index contributed by atoms with van der Waals surface area (Å²) in [6.45, 7) is 2.98. The summed E-state index contributed by atoms with van der Waals surface area (Å²) in [6.07, 6.45) is 8.06. The van der Waals surface area contributed by atoms with E-state index in [9.17, 15) is 9.59 Å². The third-order valence-electron chi connectivity index (χ3n) is 4.87. The van der Waals surface area contributed by atoms with Gasteiger partial charge in [-0.1, -0.05) is 6.92 Å². The van der Waals surface area contributed by atoms with E-state index in [1.54, 1.807) is 0 Å². The summed E-state index contributed by atoms with van der Waals surface area (Å²) in [4.78, 5) is 27.1. The molecule has 1 saturated heterocycles. The Labute approximate surface area is 114 Å². The first-order valence-electron chi connectivity index (χ1n) is 7.79. The van der Waals surface area contributed by atoms with Crippen LogP contribution in [0, 0.1) is 5.41 Å². The van der Waals surface area contributed by atoms with Crippen molar-refractivity contribution in [2.75, 3.05) is 6.54 Å². The first kappa shape index (κ1) is 12.9. The van der Waals surface area contributed by atoms with Crippen LogP contribution >= 0.6 is 0 Å². The molecule has 106 valence electrons. The summed E-state index contributed by atoms with van der Waals surface area (Å²) in [5, 5.41) is 3.02. The smallest absolute Gasteiger partial charge is 0.238 e. The van der Waals surface area contributed by atoms with Gasteiger partial charge < -0.3 is 10.2 Å². The van der Waals surface area contributed by atoms with Crippen molar-refractivity contribution >= 4 is 11.8 Å². The molecule has 0 bridgehead atoms. The van der Waals surface area contributed by atoms with Gasteiger partial charge in [0.15, 0.2) is 0 Å². The number of nitrogens with zero attached hydrogens (tertiary/aromatic N) is 1. The second-order valence-electron chi connectivity index (χ2n) is 6.39. The number of rotatable bonds is 4. The molecule has 1 aliphatic heterocycles. The Hall–Kier alpha value is -1.06. The molecule has 2 amide bonds. The van der Waals surface area contributed by atoms with Gasteiger partial charge in [-0.25, -0.2) is 0 Å². The molecule has 0 aromatic heterocycles. The zero-order chi connectivity index (χ0) is 13.5. The molecule has 4 heteroatoms. The molecular weight excluding hydrogens is 240 g/mol. The Balaban J connectivity index is 1.69. The average molecular weight is 264 g/mol. The Morgan fingerprint density at radius 1 is 1.21 bits per heavy atom. The number of piperidine rings is 1. The molecule has 3 aliphatic rings. The molecule has 0 radical (unpaired) electrons. The van der Waals surface area contributed by atoms with Crippen molar-refractivity contribution in [2.24, 2.45) is 5.41 Å². The number of amides is 2. The second-order valence-corrected chi connectivity index (χ2v) is 6.39. The molecule has 3 fully saturated rings. The summed E-state index contributed by atoms with van der Waals surface area (Å²) >= 11 is 0. The van der Waals surface area contributed by atoms with Gasteiger partial charge in [-0.2, -0.15) is 0 Å². The molecule has 1 atom stereocenters. The van der Waals surface area contributed by atoms with E-state index in [1.165, 1.54) is 6.42 Å². The number of carbonyl (C=O) groups is 2. The predicted molar refractivity (Wildman–Crippen MR) is 72.5 cm³/mol. The van der Waals surface area contributed by atoms with Crippen LogP contribution in [-0.4, -0.2) is 35.3 Å². The van der Waals surface area contributed by atoms with Gasteiger partial charge in [-0.15, -0.1) is 0 Å². The maximum absolute atomic E-state index is 12.8. The van der Waals surface area contributed by atoms with Gasteiger partial charge >= 0.3 is 0 Å². The molecule has 2 aliphatic carbocycles. The van der Waals surface area contributed by atoms with Gasteiger partial charge in [0.1, 0.15) is 5.41 Å². The van der Waals surface area contributed by atoms with Crippen molar-refractivity contribution in [2.45, 2.75) is 70.4 Å². The molecule has 0 aromatic carbocycles. The summed E-state index contributed by atoms with van der Waals surface area (Å²) < 4.78 is 0. The first-order valence-corrected chi connectivity index (χ1v) is 7.79. The lowest BCUT2D eigenvalue weighted by molar-refractivity contribution is -0.147. The van der Waals surface area contributed by atoms with Crippen molar-refractivity contribution in [3.63, 3.8) is 0 Å². The van der Waals surface area contributed by atoms with Crippen LogP contribution in [0.15, 0.2) is 0 Å². The lowest BCUT2D eigenvalue weighted by atomic mass is 9.95. The van der Waals surface area contributed by atoms with Gasteiger partial charge in [-0.3, -0.25) is 9.59 Å². The largest absolute Gasteiger partial charge is 0.352 e. The van der Waals surface area contributed by atoms with E-state index in [0.29, 0.717) is 12.1 Å². The normalized spacial score (nSPS) is 28.9. The molecule has 3 rings (SSSR count). The highest BCUT2D eigenvalue weighted by atomic mass is 16.2. The molecule has 0 aromatic rings. The standard InChI is InChI=1S/C15H24N2O2/c1-2-12-5-3-4-10-17(12)14(19)15(8-9-15)13(18)16-11-6-7-11/h11-12H,2-10H2,1H3,(H,16,18). The lowest BCUT2D eigenvalue weighted by Crippen LogP contribution is -2.51. The maximum atomic E-state index is 12.8. The minimum atomic E-state index is -0.687. The van der Waals surface area contributed by atoms with Crippen molar-refractivity contribution < 1.29 is 9.59 Å². The minimum Gasteiger partial charge on any atom is -0.352 e. The van der Waals surface area contributed by atoms with E-state index in [-0.39, 0.29) is 11.8 Å². The Kier molecular flexibility index (Phi) is 3.27. The Morgan fingerprint density at radius 3 is 2.53 bits per heavy atom. The number of hydrogen-bond donors (Lipinski definition) is 1. The third-order valence-corrected chi connectivity index (χ3v) is 4.87. The van der Waals surface area contributed by atoms with Crippen LogP contribution in [0.3, 0.4) is 0 Å². The SMILES string of the molecule is CCC1CCCCN1C(=O)C1(C(=O)NC2CC2)CC1. The van der Waals surface area contributed by atoms with Crippen molar-refractivity contribution in [3.05, 3.63) is 0 Å². The van der Waals surface area contributed by atoms with Crippen LogP contribution in [0.1, 0.15) is 58.3 Å². The maximum Gasteiger partial charge on any atom is 0.238 e. The fourth-order valence-corrected chi connectivity index (χ4v) is 3.18. The predicted octanol–water partition coefficient (Wildman–Crippen LogP) is 1.84.